The van der Waals surface area contributed by atoms with Crippen LogP contribution in [0.25, 0.3) is 5.69 Å². The Morgan fingerprint density at radius 3 is 2.53 bits per heavy atom. The lowest BCUT2D eigenvalue weighted by Gasteiger charge is -2.26. The zero-order valence-corrected chi connectivity index (χ0v) is 17.7. The van der Waals surface area contributed by atoms with Gasteiger partial charge in [-0.15, -0.1) is 10.2 Å². The highest BCUT2D eigenvalue weighted by Crippen LogP contribution is 2.24. The van der Waals surface area contributed by atoms with Crippen molar-refractivity contribution >= 4 is 23.4 Å². The fourth-order valence-electron chi connectivity index (χ4n) is 3.23. The van der Waals surface area contributed by atoms with Crippen molar-refractivity contribution in [1.82, 2.24) is 19.7 Å². The molecular formula is C21H20F3N5O2S. The van der Waals surface area contributed by atoms with Crippen LogP contribution in [0.15, 0.2) is 47.6 Å². The Labute approximate surface area is 186 Å². The first-order valence-electron chi connectivity index (χ1n) is 9.89. The van der Waals surface area contributed by atoms with E-state index < -0.39 is 29.0 Å². The van der Waals surface area contributed by atoms with Gasteiger partial charge >= 0.3 is 0 Å². The molecule has 1 saturated heterocycles. The Morgan fingerprint density at radius 1 is 1.03 bits per heavy atom. The highest BCUT2D eigenvalue weighted by Gasteiger charge is 2.20. The highest BCUT2D eigenvalue weighted by atomic mass is 32.2. The second-order valence-corrected chi connectivity index (χ2v) is 7.96. The number of nitrogens with one attached hydrogen (secondary N) is 1. The van der Waals surface area contributed by atoms with Gasteiger partial charge in [0.25, 0.3) is 0 Å². The van der Waals surface area contributed by atoms with Crippen molar-refractivity contribution in [2.75, 3.05) is 37.4 Å². The van der Waals surface area contributed by atoms with E-state index >= 15 is 0 Å². The van der Waals surface area contributed by atoms with Crippen LogP contribution in [0.4, 0.5) is 18.9 Å². The number of halogens is 3. The van der Waals surface area contributed by atoms with Crippen LogP contribution in [0.5, 0.6) is 0 Å². The van der Waals surface area contributed by atoms with Crippen molar-refractivity contribution in [3.05, 3.63) is 65.7 Å². The molecule has 2 heterocycles. The van der Waals surface area contributed by atoms with Gasteiger partial charge in [-0.25, -0.2) is 13.2 Å². The van der Waals surface area contributed by atoms with E-state index in [1.54, 1.807) is 0 Å². The summed E-state index contributed by atoms with van der Waals surface area (Å²) in [4.78, 5) is 14.5. The molecule has 1 amide bonds. The maximum atomic E-state index is 13.8. The smallest absolute Gasteiger partial charge is 0.234 e. The Morgan fingerprint density at radius 2 is 1.78 bits per heavy atom. The number of rotatable bonds is 7. The summed E-state index contributed by atoms with van der Waals surface area (Å²) in [7, 11) is 0. The molecule has 0 spiro atoms. The number of carbonyl (C=O) groups is 1. The molecule has 11 heteroatoms. The van der Waals surface area contributed by atoms with E-state index in [1.165, 1.54) is 0 Å². The summed E-state index contributed by atoms with van der Waals surface area (Å²) in [6.07, 6.45) is 0. The number of para-hydroxylation sites is 1. The molecule has 3 aromatic rings. The van der Waals surface area contributed by atoms with E-state index in [4.69, 9.17) is 4.74 Å². The minimum Gasteiger partial charge on any atom is -0.379 e. The van der Waals surface area contributed by atoms with Crippen LogP contribution in [0.1, 0.15) is 5.82 Å². The standard InChI is InChI=1S/C21H20F3N5O2S/c22-15-6-7-16(20(24)19(15)23)25-18(30)13-32-21-27-26-17(12-28-8-10-31-11-9-28)29(21)14-4-2-1-3-5-14/h1-7H,8-13H2,(H,25,30). The van der Waals surface area contributed by atoms with Crippen molar-refractivity contribution in [2.45, 2.75) is 11.7 Å². The predicted molar refractivity (Wildman–Crippen MR) is 113 cm³/mol. The summed E-state index contributed by atoms with van der Waals surface area (Å²) < 4.78 is 47.5. The molecular weight excluding hydrogens is 443 g/mol. The molecule has 0 atom stereocenters. The molecule has 1 N–H and O–H groups in total. The number of carbonyl (C=O) groups excluding carboxylic acids is 1. The van der Waals surface area contributed by atoms with Crippen LogP contribution < -0.4 is 5.32 Å². The Kier molecular flexibility index (Phi) is 7.08. The lowest BCUT2D eigenvalue weighted by atomic mass is 10.3. The van der Waals surface area contributed by atoms with Gasteiger partial charge in [0.1, 0.15) is 0 Å². The number of ether oxygens (including phenoxy) is 1. The number of anilines is 1. The minimum atomic E-state index is -1.63. The van der Waals surface area contributed by atoms with Gasteiger partial charge < -0.3 is 10.1 Å². The molecule has 1 fully saturated rings. The van der Waals surface area contributed by atoms with Crippen LogP contribution in [0.3, 0.4) is 0 Å². The van der Waals surface area contributed by atoms with Gasteiger partial charge in [0.2, 0.25) is 5.91 Å². The zero-order chi connectivity index (χ0) is 22.5. The van der Waals surface area contributed by atoms with Crippen LogP contribution in [0, 0.1) is 17.5 Å². The number of morpholine rings is 1. The topological polar surface area (TPSA) is 72.3 Å². The zero-order valence-electron chi connectivity index (χ0n) is 16.9. The molecule has 32 heavy (non-hydrogen) atoms. The molecule has 4 rings (SSSR count). The summed E-state index contributed by atoms with van der Waals surface area (Å²) in [6.45, 7) is 3.44. The molecule has 7 nitrogen and oxygen atoms in total. The van der Waals surface area contributed by atoms with E-state index in [9.17, 15) is 18.0 Å². The largest absolute Gasteiger partial charge is 0.379 e. The number of aromatic nitrogens is 3. The Bertz CT molecular complexity index is 1090. The maximum absolute atomic E-state index is 13.8. The van der Waals surface area contributed by atoms with Crippen molar-refractivity contribution in [3.63, 3.8) is 0 Å². The summed E-state index contributed by atoms with van der Waals surface area (Å²) in [5.41, 5.74) is 0.419. The maximum Gasteiger partial charge on any atom is 0.234 e. The first-order chi connectivity index (χ1) is 15.5. The van der Waals surface area contributed by atoms with Gasteiger partial charge in [0.15, 0.2) is 28.4 Å². The van der Waals surface area contributed by atoms with Crippen molar-refractivity contribution in [1.29, 1.82) is 0 Å². The second kappa shape index (κ2) is 10.2. The molecule has 1 aromatic heterocycles. The molecule has 0 radical (unpaired) electrons. The Hall–Kier alpha value is -2.89. The van der Waals surface area contributed by atoms with Crippen molar-refractivity contribution in [3.8, 4) is 5.69 Å². The third kappa shape index (κ3) is 5.12. The van der Waals surface area contributed by atoms with Gasteiger partial charge in [0, 0.05) is 18.8 Å². The summed E-state index contributed by atoms with van der Waals surface area (Å²) in [5, 5.41) is 11.3. The molecule has 0 aliphatic carbocycles. The van der Waals surface area contributed by atoms with E-state index in [-0.39, 0.29) is 5.75 Å². The van der Waals surface area contributed by atoms with Crippen LogP contribution >= 0.6 is 11.8 Å². The Balaban J connectivity index is 1.49. The van der Waals surface area contributed by atoms with E-state index in [0.717, 1.165) is 42.7 Å². The number of hydrogen-bond donors (Lipinski definition) is 1. The third-order valence-corrected chi connectivity index (χ3v) is 5.75. The molecule has 2 aromatic carbocycles. The highest BCUT2D eigenvalue weighted by molar-refractivity contribution is 7.99. The monoisotopic (exact) mass is 463 g/mol. The number of benzene rings is 2. The van der Waals surface area contributed by atoms with Crippen LogP contribution in [0.2, 0.25) is 0 Å². The van der Waals surface area contributed by atoms with E-state index in [0.29, 0.717) is 30.7 Å². The summed E-state index contributed by atoms with van der Waals surface area (Å²) >= 11 is 1.11. The number of amides is 1. The summed E-state index contributed by atoms with van der Waals surface area (Å²) in [6, 6.07) is 11.2. The van der Waals surface area contributed by atoms with Gasteiger partial charge in [-0.1, -0.05) is 30.0 Å². The fraction of sp³-hybridized carbons (Fsp3) is 0.286. The molecule has 168 valence electrons. The fourth-order valence-corrected chi connectivity index (χ4v) is 4.00. The molecule has 0 bridgehead atoms. The molecule has 0 saturated carbocycles. The second-order valence-electron chi connectivity index (χ2n) is 7.02. The van der Waals surface area contributed by atoms with Crippen LogP contribution in [-0.4, -0.2) is 57.6 Å². The first kappa shape index (κ1) is 22.3. The van der Waals surface area contributed by atoms with Gasteiger partial charge in [-0.05, 0) is 24.3 Å². The van der Waals surface area contributed by atoms with Gasteiger partial charge in [-0.2, -0.15) is 0 Å². The van der Waals surface area contributed by atoms with E-state index in [2.05, 4.69) is 20.4 Å². The summed E-state index contributed by atoms with van der Waals surface area (Å²) in [5.74, 6) is -4.39. The number of hydrogen-bond acceptors (Lipinski definition) is 6. The van der Waals surface area contributed by atoms with Gasteiger partial charge in [0.05, 0.1) is 31.2 Å². The first-order valence-corrected chi connectivity index (χ1v) is 10.9. The number of thioether (sulfide) groups is 1. The normalized spacial score (nSPS) is 14.5. The SMILES string of the molecule is O=C(CSc1nnc(CN2CCOCC2)n1-c1ccccc1)Nc1ccc(F)c(F)c1F. The third-order valence-electron chi connectivity index (χ3n) is 4.83. The van der Waals surface area contributed by atoms with Crippen molar-refractivity contribution < 1.29 is 22.7 Å². The lowest BCUT2D eigenvalue weighted by molar-refractivity contribution is -0.113. The van der Waals surface area contributed by atoms with Crippen LogP contribution in [-0.2, 0) is 16.1 Å². The van der Waals surface area contributed by atoms with E-state index in [1.807, 2.05) is 34.9 Å². The predicted octanol–water partition coefficient (Wildman–Crippen LogP) is 3.25. The van der Waals surface area contributed by atoms with Crippen molar-refractivity contribution in [2.24, 2.45) is 0 Å². The average Bonchev–Trinajstić information content (AvgIpc) is 3.21. The lowest BCUT2D eigenvalue weighted by Crippen LogP contribution is -2.36. The quantitative estimate of drug-likeness (QED) is 0.429. The average molecular weight is 463 g/mol. The number of nitrogens with zero attached hydrogens (tertiary/aromatic N) is 4. The molecule has 1 aliphatic heterocycles. The molecule has 1 aliphatic rings. The minimum absolute atomic E-state index is 0.124. The van der Waals surface area contributed by atoms with Gasteiger partial charge in [-0.3, -0.25) is 14.3 Å². The molecule has 0 unspecified atom stereocenters.